The van der Waals surface area contributed by atoms with Gasteiger partial charge in [0, 0.05) is 11.6 Å². The van der Waals surface area contributed by atoms with Gasteiger partial charge in [-0.15, -0.1) is 0 Å². The fourth-order valence-electron chi connectivity index (χ4n) is 2.34. The summed E-state index contributed by atoms with van der Waals surface area (Å²) < 4.78 is 0. The summed E-state index contributed by atoms with van der Waals surface area (Å²) in [5.41, 5.74) is 1.76. The Morgan fingerprint density at radius 2 is 1.85 bits per heavy atom. The first kappa shape index (κ1) is 15.0. The van der Waals surface area contributed by atoms with Crippen molar-refractivity contribution in [2.45, 2.75) is 25.4 Å². The van der Waals surface area contributed by atoms with Crippen LogP contribution in [0.2, 0.25) is 5.02 Å². The van der Waals surface area contributed by atoms with Gasteiger partial charge in [-0.25, -0.2) is 0 Å². The molecule has 2 rings (SSSR count). The van der Waals surface area contributed by atoms with Crippen LogP contribution in [0, 0.1) is 0 Å². The fourth-order valence-corrected chi connectivity index (χ4v) is 2.53. The number of benzene rings is 2. The molecule has 0 aromatic heterocycles. The molecule has 0 radical (unpaired) electrons. The SMILES string of the molecule is CCC(CO)(NCc1ccccc1)c1cccc(Cl)c1. The van der Waals surface area contributed by atoms with Crippen molar-refractivity contribution in [1.82, 2.24) is 5.32 Å². The number of aliphatic hydroxyl groups is 1. The maximum atomic E-state index is 9.89. The number of halogens is 1. The third-order valence-electron chi connectivity index (χ3n) is 3.72. The molecular formula is C17H20ClNO. The molecule has 1 atom stereocenters. The summed E-state index contributed by atoms with van der Waals surface area (Å²) in [4.78, 5) is 0. The largest absolute Gasteiger partial charge is 0.394 e. The van der Waals surface area contributed by atoms with E-state index < -0.39 is 5.54 Å². The lowest BCUT2D eigenvalue weighted by Gasteiger charge is -2.33. The molecule has 3 heteroatoms. The van der Waals surface area contributed by atoms with Crippen LogP contribution < -0.4 is 5.32 Å². The normalized spacial score (nSPS) is 13.9. The van der Waals surface area contributed by atoms with Crippen LogP contribution in [0.25, 0.3) is 0 Å². The Bertz CT molecular complexity index is 538. The zero-order valence-corrected chi connectivity index (χ0v) is 12.4. The summed E-state index contributed by atoms with van der Waals surface area (Å²) in [6.45, 7) is 2.81. The lowest BCUT2D eigenvalue weighted by Crippen LogP contribution is -2.44. The molecule has 106 valence electrons. The van der Waals surface area contributed by atoms with Crippen molar-refractivity contribution in [3.63, 3.8) is 0 Å². The minimum atomic E-state index is -0.458. The van der Waals surface area contributed by atoms with Gasteiger partial charge in [0.25, 0.3) is 0 Å². The van der Waals surface area contributed by atoms with Gasteiger partial charge in [0.2, 0.25) is 0 Å². The average Bonchev–Trinajstić information content (AvgIpc) is 2.50. The molecule has 0 heterocycles. The number of hydrogen-bond acceptors (Lipinski definition) is 2. The first-order valence-electron chi connectivity index (χ1n) is 6.86. The smallest absolute Gasteiger partial charge is 0.0669 e. The summed E-state index contributed by atoms with van der Waals surface area (Å²) >= 11 is 6.07. The van der Waals surface area contributed by atoms with E-state index in [0.717, 1.165) is 12.0 Å². The maximum Gasteiger partial charge on any atom is 0.0669 e. The Morgan fingerprint density at radius 1 is 1.10 bits per heavy atom. The highest BCUT2D eigenvalue weighted by molar-refractivity contribution is 6.30. The lowest BCUT2D eigenvalue weighted by molar-refractivity contribution is 0.154. The van der Waals surface area contributed by atoms with E-state index in [9.17, 15) is 5.11 Å². The Labute approximate surface area is 125 Å². The zero-order chi connectivity index (χ0) is 14.4. The number of aliphatic hydroxyl groups excluding tert-OH is 1. The molecule has 0 amide bonds. The Hall–Kier alpha value is -1.35. The Morgan fingerprint density at radius 3 is 2.45 bits per heavy atom. The maximum absolute atomic E-state index is 9.89. The molecular weight excluding hydrogens is 270 g/mol. The third-order valence-corrected chi connectivity index (χ3v) is 3.96. The van der Waals surface area contributed by atoms with E-state index >= 15 is 0 Å². The molecule has 0 saturated carbocycles. The molecule has 0 aliphatic heterocycles. The molecule has 0 aliphatic carbocycles. The first-order valence-corrected chi connectivity index (χ1v) is 7.24. The Balaban J connectivity index is 2.21. The highest BCUT2D eigenvalue weighted by atomic mass is 35.5. The van der Waals surface area contributed by atoms with Gasteiger partial charge in [-0.2, -0.15) is 0 Å². The van der Waals surface area contributed by atoms with Crippen molar-refractivity contribution in [2.24, 2.45) is 0 Å². The Kier molecular flexibility index (Phi) is 5.18. The number of rotatable bonds is 6. The molecule has 0 spiro atoms. The standard InChI is InChI=1S/C17H20ClNO/c1-2-17(13-20,15-9-6-10-16(18)11-15)19-12-14-7-4-3-5-8-14/h3-11,19-20H,2,12-13H2,1H3. The van der Waals surface area contributed by atoms with Crippen molar-refractivity contribution in [2.75, 3.05) is 6.61 Å². The molecule has 2 nitrogen and oxygen atoms in total. The van der Waals surface area contributed by atoms with Crippen molar-refractivity contribution < 1.29 is 5.11 Å². The molecule has 0 aliphatic rings. The summed E-state index contributed by atoms with van der Waals surface area (Å²) in [5, 5.41) is 14.1. The van der Waals surface area contributed by atoms with Gasteiger partial charge in [0.15, 0.2) is 0 Å². The second kappa shape index (κ2) is 6.89. The van der Waals surface area contributed by atoms with Gasteiger partial charge >= 0.3 is 0 Å². The van der Waals surface area contributed by atoms with Crippen molar-refractivity contribution in [1.29, 1.82) is 0 Å². The predicted molar refractivity (Wildman–Crippen MR) is 83.8 cm³/mol. The topological polar surface area (TPSA) is 32.3 Å². The van der Waals surface area contributed by atoms with Crippen LogP contribution in [0.1, 0.15) is 24.5 Å². The van der Waals surface area contributed by atoms with Gasteiger partial charge < -0.3 is 10.4 Å². The van der Waals surface area contributed by atoms with Gasteiger partial charge in [-0.05, 0) is 29.7 Å². The highest BCUT2D eigenvalue weighted by Crippen LogP contribution is 2.27. The van der Waals surface area contributed by atoms with E-state index in [0.29, 0.717) is 11.6 Å². The summed E-state index contributed by atoms with van der Waals surface area (Å²) in [5.74, 6) is 0. The molecule has 2 aromatic carbocycles. The van der Waals surface area contributed by atoms with Crippen LogP contribution in [0.3, 0.4) is 0 Å². The van der Waals surface area contributed by atoms with Gasteiger partial charge in [-0.1, -0.05) is 61.0 Å². The third kappa shape index (κ3) is 3.40. The minimum Gasteiger partial charge on any atom is -0.394 e. The van der Waals surface area contributed by atoms with E-state index in [1.54, 1.807) is 0 Å². The first-order chi connectivity index (χ1) is 9.70. The van der Waals surface area contributed by atoms with Crippen molar-refractivity contribution in [3.05, 3.63) is 70.7 Å². The molecule has 2 aromatic rings. The van der Waals surface area contributed by atoms with Gasteiger partial charge in [0.1, 0.15) is 0 Å². The van der Waals surface area contributed by atoms with Crippen LogP contribution >= 0.6 is 11.6 Å². The summed E-state index contributed by atoms with van der Waals surface area (Å²) in [7, 11) is 0. The second-order valence-corrected chi connectivity index (χ2v) is 5.38. The van der Waals surface area contributed by atoms with Crippen LogP contribution in [-0.2, 0) is 12.1 Å². The zero-order valence-electron chi connectivity index (χ0n) is 11.6. The van der Waals surface area contributed by atoms with Crippen LogP contribution in [0.15, 0.2) is 54.6 Å². The predicted octanol–water partition coefficient (Wildman–Crippen LogP) is 3.73. The quantitative estimate of drug-likeness (QED) is 0.849. The molecule has 20 heavy (non-hydrogen) atoms. The monoisotopic (exact) mass is 289 g/mol. The summed E-state index contributed by atoms with van der Waals surface area (Å²) in [6.07, 6.45) is 0.788. The second-order valence-electron chi connectivity index (χ2n) is 4.94. The van der Waals surface area contributed by atoms with Crippen molar-refractivity contribution >= 4 is 11.6 Å². The molecule has 0 fully saturated rings. The fraction of sp³-hybridized carbons (Fsp3) is 0.294. The van der Waals surface area contributed by atoms with E-state index in [-0.39, 0.29) is 6.61 Å². The lowest BCUT2D eigenvalue weighted by atomic mass is 9.87. The van der Waals surface area contributed by atoms with Crippen molar-refractivity contribution in [3.8, 4) is 0 Å². The molecule has 0 bridgehead atoms. The molecule has 2 N–H and O–H groups in total. The van der Waals surface area contributed by atoms with Crippen LogP contribution in [0.5, 0.6) is 0 Å². The number of nitrogens with one attached hydrogen (secondary N) is 1. The minimum absolute atomic E-state index is 0.0384. The highest BCUT2D eigenvalue weighted by Gasteiger charge is 2.29. The van der Waals surface area contributed by atoms with Crippen LogP contribution in [-0.4, -0.2) is 11.7 Å². The number of hydrogen-bond donors (Lipinski definition) is 2. The average molecular weight is 290 g/mol. The summed E-state index contributed by atoms with van der Waals surface area (Å²) in [6, 6.07) is 17.9. The molecule has 0 saturated heterocycles. The van der Waals surface area contributed by atoms with E-state index in [1.165, 1.54) is 5.56 Å². The van der Waals surface area contributed by atoms with E-state index in [4.69, 9.17) is 11.6 Å². The van der Waals surface area contributed by atoms with E-state index in [1.807, 2.05) is 42.5 Å². The molecule has 1 unspecified atom stereocenters. The van der Waals surface area contributed by atoms with Crippen LogP contribution in [0.4, 0.5) is 0 Å². The van der Waals surface area contributed by atoms with Gasteiger partial charge in [0.05, 0.1) is 12.1 Å². The van der Waals surface area contributed by atoms with E-state index in [2.05, 4.69) is 24.4 Å². The van der Waals surface area contributed by atoms with Gasteiger partial charge in [-0.3, -0.25) is 0 Å².